The Hall–Kier alpha value is -3.49. The van der Waals surface area contributed by atoms with Crippen LogP contribution in [0.2, 0.25) is 0 Å². The van der Waals surface area contributed by atoms with Crippen LogP contribution in [0.4, 0.5) is 5.69 Å². The van der Waals surface area contributed by atoms with Crippen LogP contribution in [-0.2, 0) is 6.42 Å². The Kier molecular flexibility index (Phi) is 6.04. The van der Waals surface area contributed by atoms with Crippen molar-refractivity contribution in [2.45, 2.75) is 69.5 Å². The molecule has 8 heteroatoms. The molecule has 0 spiro atoms. The van der Waals surface area contributed by atoms with Gasteiger partial charge in [-0.05, 0) is 86.5 Å². The number of piperazine rings is 1. The summed E-state index contributed by atoms with van der Waals surface area (Å²) in [4.78, 5) is 20.0. The highest BCUT2D eigenvalue weighted by atomic mass is 16.5. The number of ether oxygens (including phenoxy) is 1. The standard InChI is InChI=1S/C33H38N6O2/c1-2-21-6-3-7-22-14-25(40)15-26(30(21)22)31-34-17-27-28(38-18-23-8-9-24(19-38)35-23)16-29(36-32(27)37-31)41-20-33-10-4-12-39(33)13-5-11-33/h3,6-7,14-17,23-24,35,40H,2,4-5,8-13,18-20H2,1H3. The van der Waals surface area contributed by atoms with Crippen LogP contribution >= 0.6 is 0 Å². The summed E-state index contributed by atoms with van der Waals surface area (Å²) in [5.41, 5.74) is 3.95. The number of nitrogens with zero attached hydrogens (tertiary/aromatic N) is 5. The number of pyridine rings is 1. The van der Waals surface area contributed by atoms with Gasteiger partial charge in [-0.15, -0.1) is 0 Å². The number of fused-ring (bicyclic) bond motifs is 5. The van der Waals surface area contributed by atoms with Crippen LogP contribution in [0.3, 0.4) is 0 Å². The summed E-state index contributed by atoms with van der Waals surface area (Å²) < 4.78 is 6.58. The molecule has 2 bridgehead atoms. The SMILES string of the molecule is CCc1cccc2cc(O)cc(-c3ncc4c(N5CC6CCC(C5)N6)cc(OCC56CCCN5CCC6)nc4n3)c12. The van der Waals surface area contributed by atoms with Gasteiger partial charge in [0.25, 0.3) is 0 Å². The number of phenolic OH excluding ortho intramolecular Hbond substituents is 1. The van der Waals surface area contributed by atoms with E-state index in [0.717, 1.165) is 46.9 Å². The number of aromatic nitrogens is 3. The largest absolute Gasteiger partial charge is 0.508 e. The van der Waals surface area contributed by atoms with E-state index in [1.807, 2.05) is 24.4 Å². The number of benzene rings is 2. The maximum Gasteiger partial charge on any atom is 0.217 e. The molecular weight excluding hydrogens is 512 g/mol. The number of phenols is 1. The van der Waals surface area contributed by atoms with Crippen LogP contribution in [-0.4, -0.2) is 75.4 Å². The second-order valence-electron chi connectivity index (χ2n) is 12.5. The minimum atomic E-state index is 0.152. The van der Waals surface area contributed by atoms with Crippen molar-refractivity contribution in [3.8, 4) is 23.0 Å². The van der Waals surface area contributed by atoms with Crippen LogP contribution in [0.15, 0.2) is 42.6 Å². The second kappa shape index (κ2) is 9.81. The molecule has 0 saturated carbocycles. The van der Waals surface area contributed by atoms with E-state index in [0.29, 0.717) is 36.0 Å². The molecule has 2 unspecified atom stereocenters. The fraction of sp³-hybridized carbons (Fsp3) is 0.485. The molecule has 2 N–H and O–H groups in total. The summed E-state index contributed by atoms with van der Waals surface area (Å²) in [6.45, 7) is 7.11. The quantitative estimate of drug-likeness (QED) is 0.345. The topological polar surface area (TPSA) is 86.6 Å². The molecule has 0 amide bonds. The number of hydrogen-bond donors (Lipinski definition) is 2. The minimum absolute atomic E-state index is 0.152. The van der Waals surface area contributed by atoms with Gasteiger partial charge in [-0.1, -0.05) is 25.1 Å². The van der Waals surface area contributed by atoms with Gasteiger partial charge < -0.3 is 20.1 Å². The highest BCUT2D eigenvalue weighted by Gasteiger charge is 2.45. The van der Waals surface area contributed by atoms with Crippen molar-refractivity contribution in [2.24, 2.45) is 0 Å². The van der Waals surface area contributed by atoms with Crippen LogP contribution in [0.1, 0.15) is 51.0 Å². The summed E-state index contributed by atoms with van der Waals surface area (Å²) >= 11 is 0. The number of aryl methyl sites for hydroxylation is 1. The Morgan fingerprint density at radius 1 is 1.05 bits per heavy atom. The van der Waals surface area contributed by atoms with Crippen molar-refractivity contribution in [3.05, 3.63) is 48.2 Å². The maximum atomic E-state index is 10.6. The molecule has 4 aliphatic heterocycles. The molecule has 8 nitrogen and oxygen atoms in total. The van der Waals surface area contributed by atoms with Crippen molar-refractivity contribution in [2.75, 3.05) is 37.7 Å². The summed E-state index contributed by atoms with van der Waals surface area (Å²) in [6.07, 6.45) is 10.1. The summed E-state index contributed by atoms with van der Waals surface area (Å²) in [7, 11) is 0. The lowest BCUT2D eigenvalue weighted by molar-refractivity contribution is 0.111. The molecule has 0 aliphatic carbocycles. The number of rotatable bonds is 6. The fourth-order valence-corrected chi connectivity index (χ4v) is 8.06. The molecule has 2 atom stereocenters. The average Bonchev–Trinajstić information content (AvgIpc) is 3.68. The molecule has 8 rings (SSSR count). The first-order valence-corrected chi connectivity index (χ1v) is 15.4. The third-order valence-electron chi connectivity index (χ3n) is 10.0. The molecule has 4 fully saturated rings. The molecular formula is C33H38N6O2. The minimum Gasteiger partial charge on any atom is -0.508 e. The van der Waals surface area contributed by atoms with Gasteiger partial charge in [0.05, 0.1) is 16.6 Å². The van der Waals surface area contributed by atoms with Crippen molar-refractivity contribution in [1.29, 1.82) is 0 Å². The predicted molar refractivity (Wildman–Crippen MR) is 162 cm³/mol. The molecule has 4 aromatic rings. The lowest BCUT2D eigenvalue weighted by Gasteiger charge is -2.35. The normalized spacial score (nSPS) is 23.5. The number of aromatic hydroxyl groups is 1. The van der Waals surface area contributed by atoms with E-state index in [4.69, 9.17) is 19.7 Å². The summed E-state index contributed by atoms with van der Waals surface area (Å²) in [5, 5.41) is 17.4. The predicted octanol–water partition coefficient (Wildman–Crippen LogP) is 5.06. The van der Waals surface area contributed by atoms with Crippen molar-refractivity contribution < 1.29 is 9.84 Å². The lowest BCUT2D eigenvalue weighted by Crippen LogP contribution is -2.51. The van der Waals surface area contributed by atoms with Gasteiger partial charge in [0.1, 0.15) is 12.4 Å². The van der Waals surface area contributed by atoms with Gasteiger partial charge in [0.2, 0.25) is 5.88 Å². The van der Waals surface area contributed by atoms with Crippen molar-refractivity contribution >= 4 is 27.5 Å². The third kappa shape index (κ3) is 4.30. The Morgan fingerprint density at radius 3 is 2.63 bits per heavy atom. The van der Waals surface area contributed by atoms with Crippen molar-refractivity contribution in [1.82, 2.24) is 25.2 Å². The second-order valence-corrected chi connectivity index (χ2v) is 12.5. The van der Waals surface area contributed by atoms with E-state index in [1.165, 1.54) is 57.2 Å². The van der Waals surface area contributed by atoms with Crippen LogP contribution < -0.4 is 15.0 Å². The number of hydrogen-bond acceptors (Lipinski definition) is 8. The van der Waals surface area contributed by atoms with Gasteiger partial charge >= 0.3 is 0 Å². The first-order valence-electron chi connectivity index (χ1n) is 15.4. The summed E-state index contributed by atoms with van der Waals surface area (Å²) in [6, 6.07) is 13.0. The molecule has 6 heterocycles. The zero-order chi connectivity index (χ0) is 27.6. The molecule has 4 aliphatic rings. The number of nitrogens with one attached hydrogen (secondary N) is 1. The Morgan fingerprint density at radius 2 is 1.85 bits per heavy atom. The van der Waals surface area contributed by atoms with Gasteiger partial charge in [0.15, 0.2) is 11.5 Å². The number of anilines is 1. The zero-order valence-corrected chi connectivity index (χ0v) is 23.8. The Balaban J connectivity index is 1.24. The maximum absolute atomic E-state index is 10.6. The van der Waals surface area contributed by atoms with Gasteiger partial charge in [-0.2, -0.15) is 4.98 Å². The van der Waals surface area contributed by atoms with Gasteiger partial charge in [-0.3, -0.25) is 4.90 Å². The molecule has 2 aromatic carbocycles. The molecule has 0 radical (unpaired) electrons. The Labute approximate surface area is 240 Å². The van der Waals surface area contributed by atoms with E-state index in [9.17, 15) is 5.11 Å². The van der Waals surface area contributed by atoms with Gasteiger partial charge in [-0.25, -0.2) is 9.97 Å². The van der Waals surface area contributed by atoms with E-state index in [1.54, 1.807) is 6.07 Å². The van der Waals surface area contributed by atoms with Crippen LogP contribution in [0.5, 0.6) is 11.6 Å². The molecule has 2 aromatic heterocycles. The first kappa shape index (κ1) is 25.2. The monoisotopic (exact) mass is 550 g/mol. The van der Waals surface area contributed by atoms with Crippen LogP contribution in [0, 0.1) is 0 Å². The van der Waals surface area contributed by atoms with Gasteiger partial charge in [0, 0.05) is 43.0 Å². The summed E-state index contributed by atoms with van der Waals surface area (Å²) in [5.74, 6) is 1.43. The van der Waals surface area contributed by atoms with E-state index in [2.05, 4.69) is 34.2 Å². The molecule has 4 saturated heterocycles. The molecule has 212 valence electrons. The fourth-order valence-electron chi connectivity index (χ4n) is 8.06. The molecule has 41 heavy (non-hydrogen) atoms. The highest BCUT2D eigenvalue weighted by Crippen LogP contribution is 2.40. The van der Waals surface area contributed by atoms with E-state index < -0.39 is 0 Å². The van der Waals surface area contributed by atoms with Crippen LogP contribution in [0.25, 0.3) is 33.2 Å². The first-order chi connectivity index (χ1) is 20.1. The average molecular weight is 551 g/mol. The zero-order valence-electron chi connectivity index (χ0n) is 23.8. The lowest BCUT2D eigenvalue weighted by atomic mass is 9.95. The van der Waals surface area contributed by atoms with E-state index >= 15 is 0 Å². The van der Waals surface area contributed by atoms with Crippen molar-refractivity contribution in [3.63, 3.8) is 0 Å². The third-order valence-corrected chi connectivity index (χ3v) is 10.0. The van der Waals surface area contributed by atoms with E-state index in [-0.39, 0.29) is 11.3 Å². The highest BCUT2D eigenvalue weighted by molar-refractivity contribution is 6.00. The smallest absolute Gasteiger partial charge is 0.217 e. The Bertz CT molecular complexity index is 1620.